The van der Waals surface area contributed by atoms with Crippen molar-refractivity contribution in [3.63, 3.8) is 0 Å². The van der Waals surface area contributed by atoms with Crippen LogP contribution in [-0.2, 0) is 21.2 Å². The number of aryl methyl sites for hydroxylation is 1. The second-order valence-corrected chi connectivity index (χ2v) is 10.3. The minimum Gasteiger partial charge on any atom is -0.422 e. The third kappa shape index (κ3) is 6.07. The van der Waals surface area contributed by atoms with E-state index >= 15 is 0 Å². The molecule has 0 saturated carbocycles. The van der Waals surface area contributed by atoms with Crippen LogP contribution >= 0.6 is 11.6 Å². The Balaban J connectivity index is 2.01. The van der Waals surface area contributed by atoms with Crippen molar-refractivity contribution in [2.45, 2.75) is 24.3 Å². The predicted molar refractivity (Wildman–Crippen MR) is 132 cm³/mol. The molecule has 1 atom stereocenters. The zero-order valence-electron chi connectivity index (χ0n) is 19.9. The van der Waals surface area contributed by atoms with Crippen LogP contribution in [0.1, 0.15) is 16.7 Å². The lowest BCUT2D eigenvalue weighted by Gasteiger charge is -2.15. The van der Waals surface area contributed by atoms with Gasteiger partial charge in [-0.05, 0) is 36.2 Å². The fourth-order valence-corrected chi connectivity index (χ4v) is 4.89. The molecule has 1 unspecified atom stereocenters. The highest BCUT2D eigenvalue weighted by molar-refractivity contribution is 7.89. The number of nitrogens with two attached hydrogens (primary N) is 1. The zero-order chi connectivity index (χ0) is 27.7. The molecule has 1 aromatic heterocycles. The van der Waals surface area contributed by atoms with Crippen molar-refractivity contribution >= 4 is 44.6 Å². The third-order valence-corrected chi connectivity index (χ3v) is 7.17. The van der Waals surface area contributed by atoms with Crippen LogP contribution in [0, 0.1) is 12.7 Å². The van der Waals surface area contributed by atoms with Gasteiger partial charge in [-0.2, -0.15) is 4.72 Å². The maximum Gasteiger partial charge on any atom is 0.414 e. The van der Waals surface area contributed by atoms with E-state index in [2.05, 4.69) is 0 Å². The number of ether oxygens (including phenoxy) is 1. The molecule has 14 heteroatoms. The van der Waals surface area contributed by atoms with Gasteiger partial charge in [0.1, 0.15) is 22.3 Å². The number of halogens is 2. The molecule has 0 saturated heterocycles. The maximum absolute atomic E-state index is 14.4. The van der Waals surface area contributed by atoms with Gasteiger partial charge in [-0.15, -0.1) is 0 Å². The maximum atomic E-state index is 14.4. The van der Waals surface area contributed by atoms with Gasteiger partial charge in [0.25, 0.3) is 0 Å². The van der Waals surface area contributed by atoms with Crippen molar-refractivity contribution in [2.24, 2.45) is 5.73 Å². The topological polar surface area (TPSA) is 169 Å². The van der Waals surface area contributed by atoms with Crippen LogP contribution in [0.4, 0.5) is 9.18 Å². The van der Waals surface area contributed by atoms with Gasteiger partial charge < -0.3 is 24.9 Å². The Morgan fingerprint density at radius 2 is 1.95 bits per heavy atom. The van der Waals surface area contributed by atoms with E-state index in [1.807, 2.05) is 4.72 Å². The molecular weight excluding hydrogens is 533 g/mol. The number of nitrogens with one attached hydrogen (secondary N) is 1. The number of amides is 2. The van der Waals surface area contributed by atoms with Gasteiger partial charge in [0.2, 0.25) is 15.9 Å². The van der Waals surface area contributed by atoms with Gasteiger partial charge in [0, 0.05) is 37.5 Å². The number of carbonyl (C=O) groups is 2. The quantitative estimate of drug-likeness (QED) is 0.352. The molecule has 11 nitrogen and oxygen atoms in total. The first kappa shape index (κ1) is 28.1. The Bertz CT molecular complexity index is 1560. The summed E-state index contributed by atoms with van der Waals surface area (Å²) < 4.78 is 52.1. The first-order valence-electron chi connectivity index (χ1n) is 10.6. The van der Waals surface area contributed by atoms with Gasteiger partial charge in [0.15, 0.2) is 5.75 Å². The highest BCUT2D eigenvalue weighted by Crippen LogP contribution is 2.32. The fourth-order valence-electron chi connectivity index (χ4n) is 3.36. The van der Waals surface area contributed by atoms with Crippen LogP contribution in [0.3, 0.4) is 0 Å². The van der Waals surface area contributed by atoms with E-state index in [9.17, 15) is 32.3 Å². The molecule has 4 N–H and O–H groups in total. The summed E-state index contributed by atoms with van der Waals surface area (Å²) in [4.78, 5) is 36.3. The average molecular weight is 556 g/mol. The molecule has 198 valence electrons. The van der Waals surface area contributed by atoms with Crippen molar-refractivity contribution in [3.8, 4) is 5.75 Å². The molecular formula is C23H23ClFN3O8S. The second-order valence-electron chi connectivity index (χ2n) is 8.23. The number of nitrogens with zero attached hydrogens (tertiary/aromatic N) is 1. The normalized spacial score (nSPS) is 12.4. The molecule has 0 spiro atoms. The van der Waals surface area contributed by atoms with E-state index < -0.39 is 51.0 Å². The van der Waals surface area contributed by atoms with Crippen LogP contribution in [0.25, 0.3) is 11.0 Å². The Morgan fingerprint density at radius 1 is 1.27 bits per heavy atom. The van der Waals surface area contributed by atoms with Crippen LogP contribution in [0.15, 0.2) is 44.4 Å². The lowest BCUT2D eigenvalue weighted by molar-refractivity contribution is -0.120. The number of carbonyl (C=O) groups excluding carboxylic acids is 2. The summed E-state index contributed by atoms with van der Waals surface area (Å²) in [6.45, 7) is 0.698. The number of hydrogen-bond donors (Lipinski definition) is 3. The molecule has 2 aromatic carbocycles. The van der Waals surface area contributed by atoms with Crippen molar-refractivity contribution in [3.05, 3.63) is 68.3 Å². The van der Waals surface area contributed by atoms with Crippen molar-refractivity contribution in [1.82, 2.24) is 9.62 Å². The molecule has 37 heavy (non-hydrogen) atoms. The SMILES string of the molecule is Cc1c(Cc2ccc(F)c(S(=O)(=O)NC(CO)C(N)=O)c2)c(=O)oc2cc(OC(=O)N(C)C)c(Cl)cc12. The Morgan fingerprint density at radius 3 is 2.54 bits per heavy atom. The monoisotopic (exact) mass is 555 g/mol. The summed E-state index contributed by atoms with van der Waals surface area (Å²) in [5.41, 5.74) is 5.23. The number of aliphatic hydroxyl groups excluding tert-OH is 1. The van der Waals surface area contributed by atoms with E-state index in [-0.39, 0.29) is 33.9 Å². The smallest absolute Gasteiger partial charge is 0.414 e. The fraction of sp³-hybridized carbons (Fsp3) is 0.261. The number of aliphatic hydroxyl groups is 1. The summed E-state index contributed by atoms with van der Waals surface area (Å²) in [5.74, 6) is -2.28. The van der Waals surface area contributed by atoms with E-state index in [1.54, 1.807) is 6.92 Å². The van der Waals surface area contributed by atoms with Crippen LogP contribution in [0.5, 0.6) is 5.75 Å². The number of hydrogen-bond acceptors (Lipinski definition) is 8. The van der Waals surface area contributed by atoms with Crippen molar-refractivity contribution in [1.29, 1.82) is 0 Å². The number of rotatable bonds is 8. The number of fused-ring (bicyclic) bond motifs is 1. The summed E-state index contributed by atoms with van der Waals surface area (Å²) >= 11 is 6.26. The van der Waals surface area contributed by atoms with Crippen LogP contribution < -0.4 is 20.8 Å². The van der Waals surface area contributed by atoms with Gasteiger partial charge >= 0.3 is 11.7 Å². The van der Waals surface area contributed by atoms with Crippen LogP contribution in [0.2, 0.25) is 5.02 Å². The van der Waals surface area contributed by atoms with Crippen molar-refractivity contribution in [2.75, 3.05) is 20.7 Å². The molecule has 2 amide bonds. The Labute approximate surface area is 215 Å². The number of benzene rings is 2. The van der Waals surface area contributed by atoms with E-state index in [0.29, 0.717) is 10.9 Å². The molecule has 0 radical (unpaired) electrons. The summed E-state index contributed by atoms with van der Waals surface area (Å²) in [5, 5.41) is 9.70. The van der Waals surface area contributed by atoms with Crippen molar-refractivity contribution < 1.29 is 36.7 Å². The first-order chi connectivity index (χ1) is 17.2. The molecule has 0 aliphatic heterocycles. The largest absolute Gasteiger partial charge is 0.422 e. The number of sulfonamides is 1. The standard InChI is InChI=1S/C23H23ClFN3O8S/c1-11-13-8-15(24)19(36-23(32)28(2)3)9-18(13)35-22(31)14(11)6-12-4-5-16(25)20(7-12)37(33,34)27-17(10-29)21(26)30/h4-5,7-9,17,27,29H,6,10H2,1-3H3,(H2,26,30). The van der Waals surface area contributed by atoms with Gasteiger partial charge in [-0.3, -0.25) is 4.79 Å². The van der Waals surface area contributed by atoms with E-state index in [0.717, 1.165) is 12.1 Å². The summed E-state index contributed by atoms with van der Waals surface area (Å²) in [6.07, 6.45) is -0.823. The molecule has 3 aromatic rings. The van der Waals surface area contributed by atoms with E-state index in [4.69, 9.17) is 26.5 Å². The minimum atomic E-state index is -4.59. The molecule has 3 rings (SSSR count). The first-order valence-corrected chi connectivity index (χ1v) is 12.5. The van der Waals surface area contributed by atoms with Gasteiger partial charge in [-0.1, -0.05) is 17.7 Å². The van der Waals surface area contributed by atoms with Crippen LogP contribution in [-0.4, -0.2) is 57.2 Å². The van der Waals surface area contributed by atoms with E-state index in [1.165, 1.54) is 37.2 Å². The number of primary amides is 1. The molecule has 0 fully saturated rings. The zero-order valence-corrected chi connectivity index (χ0v) is 21.4. The summed E-state index contributed by atoms with van der Waals surface area (Å²) in [7, 11) is -1.62. The molecule has 0 aliphatic rings. The minimum absolute atomic E-state index is 0.0128. The highest BCUT2D eigenvalue weighted by atomic mass is 35.5. The Hall–Kier alpha value is -3.52. The molecule has 0 bridgehead atoms. The Kier molecular flexibility index (Phi) is 8.22. The predicted octanol–water partition coefficient (Wildman–Crippen LogP) is 1.67. The molecule has 1 heterocycles. The lowest BCUT2D eigenvalue weighted by Crippen LogP contribution is -2.46. The highest BCUT2D eigenvalue weighted by Gasteiger charge is 2.26. The summed E-state index contributed by atoms with van der Waals surface area (Å²) in [6, 6.07) is 4.28. The van der Waals surface area contributed by atoms with Gasteiger partial charge in [-0.25, -0.2) is 22.4 Å². The van der Waals surface area contributed by atoms with Gasteiger partial charge in [0.05, 0.1) is 11.6 Å². The average Bonchev–Trinajstić information content (AvgIpc) is 2.82. The molecule has 0 aliphatic carbocycles. The second kappa shape index (κ2) is 10.8. The lowest BCUT2D eigenvalue weighted by atomic mass is 9.99. The third-order valence-electron chi connectivity index (χ3n) is 5.39.